The molecule has 14 nitrogen and oxygen atoms in total. The Kier molecular flexibility index (Phi) is 8.77. The van der Waals surface area contributed by atoms with Crippen molar-refractivity contribution >= 4 is 46.4 Å². The van der Waals surface area contributed by atoms with Crippen LogP contribution in [-0.2, 0) is 9.47 Å². The molecule has 0 aliphatic rings. The summed E-state index contributed by atoms with van der Waals surface area (Å²) in [5.41, 5.74) is 0.703. The smallest absolute Gasteiger partial charge is 0.425 e. The lowest BCUT2D eigenvalue weighted by molar-refractivity contribution is 0.0428. The standard InChI is InChI=1S/C33H33N7O7/c1-32(2,3)46-30(43)40(31(44)47-33(4,5)6)25-17-20(15-16-34-25)19-11-13-21(14-12-19)36-26-23(28(41)42)18-35-29(37-26)45-27-22-9-7-8-10-24(22)38-39-27/h7-18H,1-6H3,(H,38,39)(H,41,42)(H,35,36,37). The first-order chi connectivity index (χ1) is 22.2. The number of aromatic amines is 1. The number of pyridine rings is 1. The Labute approximate surface area is 269 Å². The van der Waals surface area contributed by atoms with Gasteiger partial charge in [0, 0.05) is 11.9 Å². The molecule has 0 aliphatic carbocycles. The zero-order valence-corrected chi connectivity index (χ0v) is 26.6. The third-order valence-corrected chi connectivity index (χ3v) is 6.23. The first-order valence-corrected chi connectivity index (χ1v) is 14.5. The van der Waals surface area contributed by atoms with E-state index in [-0.39, 0.29) is 29.1 Å². The number of hydrogen-bond acceptors (Lipinski definition) is 11. The van der Waals surface area contributed by atoms with E-state index >= 15 is 0 Å². The van der Waals surface area contributed by atoms with Crippen molar-refractivity contribution in [3.05, 3.63) is 78.6 Å². The fraction of sp³-hybridized carbons (Fsp3) is 0.242. The van der Waals surface area contributed by atoms with Crippen molar-refractivity contribution in [1.29, 1.82) is 0 Å². The number of nitrogens with zero attached hydrogens (tertiary/aromatic N) is 5. The Morgan fingerprint density at radius 1 is 0.851 bits per heavy atom. The van der Waals surface area contributed by atoms with Crippen LogP contribution in [-0.4, -0.2) is 59.6 Å². The molecule has 0 saturated carbocycles. The van der Waals surface area contributed by atoms with Crippen molar-refractivity contribution < 1.29 is 33.7 Å². The number of H-pyrrole nitrogens is 1. The van der Waals surface area contributed by atoms with Crippen LogP contribution >= 0.6 is 0 Å². The first kappa shape index (κ1) is 32.3. The SMILES string of the molecule is CC(C)(C)OC(=O)N(C(=O)OC(C)(C)C)c1cc(-c2ccc(Nc3nc(Oc4n[nH]c5ccccc45)ncc3C(=O)O)cc2)ccn1. The number of rotatable bonds is 7. The quantitative estimate of drug-likeness (QED) is 0.161. The number of carbonyl (C=O) groups excluding carboxylic acids is 2. The van der Waals surface area contributed by atoms with Crippen LogP contribution < -0.4 is 15.0 Å². The largest absolute Gasteiger partial charge is 0.477 e. The monoisotopic (exact) mass is 639 g/mol. The number of carbonyl (C=O) groups is 3. The van der Waals surface area contributed by atoms with E-state index in [9.17, 15) is 19.5 Å². The summed E-state index contributed by atoms with van der Waals surface area (Å²) in [5, 5.41) is 20.5. The molecule has 0 radical (unpaired) electrons. The molecule has 5 rings (SSSR count). The number of imide groups is 1. The average molecular weight is 640 g/mol. The van der Waals surface area contributed by atoms with Gasteiger partial charge in [-0.05, 0) is 89.1 Å². The molecule has 0 saturated heterocycles. The number of para-hydroxylation sites is 1. The number of aromatic nitrogens is 5. The predicted octanol–water partition coefficient (Wildman–Crippen LogP) is 7.33. The van der Waals surface area contributed by atoms with Gasteiger partial charge in [0.15, 0.2) is 5.82 Å². The molecule has 5 aromatic rings. The topological polar surface area (TPSA) is 182 Å². The molecule has 0 bridgehead atoms. The Morgan fingerprint density at radius 3 is 2.15 bits per heavy atom. The molecular formula is C33H33N7O7. The summed E-state index contributed by atoms with van der Waals surface area (Å²) in [7, 11) is 0. The molecule has 3 heterocycles. The van der Waals surface area contributed by atoms with Crippen molar-refractivity contribution in [2.45, 2.75) is 52.7 Å². The van der Waals surface area contributed by atoms with E-state index in [1.54, 1.807) is 77.9 Å². The van der Waals surface area contributed by atoms with Gasteiger partial charge in [0.25, 0.3) is 0 Å². The lowest BCUT2D eigenvalue weighted by Crippen LogP contribution is -2.44. The molecule has 242 valence electrons. The maximum atomic E-state index is 13.1. The highest BCUT2D eigenvalue weighted by atomic mass is 16.6. The summed E-state index contributed by atoms with van der Waals surface area (Å²) in [6.07, 6.45) is 0.746. The second kappa shape index (κ2) is 12.7. The lowest BCUT2D eigenvalue weighted by Gasteiger charge is -2.28. The van der Waals surface area contributed by atoms with Crippen LogP contribution in [0, 0.1) is 0 Å². The van der Waals surface area contributed by atoms with E-state index in [0.29, 0.717) is 22.2 Å². The van der Waals surface area contributed by atoms with Gasteiger partial charge < -0.3 is 24.6 Å². The molecule has 0 fully saturated rings. The number of carboxylic acid groups (broad SMARTS) is 1. The zero-order chi connectivity index (χ0) is 33.9. The van der Waals surface area contributed by atoms with Gasteiger partial charge >= 0.3 is 24.2 Å². The number of benzene rings is 2. The number of nitrogens with one attached hydrogen (secondary N) is 2. The van der Waals surface area contributed by atoms with Gasteiger partial charge in [-0.1, -0.05) is 24.3 Å². The maximum Gasteiger partial charge on any atom is 0.425 e. The fourth-order valence-electron chi connectivity index (χ4n) is 4.25. The van der Waals surface area contributed by atoms with Crippen molar-refractivity contribution in [2.75, 3.05) is 10.2 Å². The van der Waals surface area contributed by atoms with Crippen LogP contribution in [0.15, 0.2) is 73.1 Å². The Hall–Kier alpha value is -6.05. The Balaban J connectivity index is 1.39. The van der Waals surface area contributed by atoms with Crippen LogP contribution in [0.2, 0.25) is 0 Å². The van der Waals surface area contributed by atoms with Gasteiger partial charge in [-0.15, -0.1) is 5.10 Å². The molecule has 3 N–H and O–H groups in total. The van der Waals surface area contributed by atoms with Crippen LogP contribution in [0.4, 0.5) is 26.9 Å². The number of hydrogen-bond donors (Lipinski definition) is 3. The molecule has 3 aromatic heterocycles. The zero-order valence-electron chi connectivity index (χ0n) is 26.6. The van der Waals surface area contributed by atoms with E-state index < -0.39 is 29.4 Å². The Morgan fingerprint density at radius 2 is 1.51 bits per heavy atom. The maximum absolute atomic E-state index is 13.1. The summed E-state index contributed by atoms with van der Waals surface area (Å²) in [6, 6.07) is 17.5. The van der Waals surface area contributed by atoms with Gasteiger partial charge in [0.05, 0.1) is 17.1 Å². The van der Waals surface area contributed by atoms with Gasteiger partial charge in [0.2, 0.25) is 5.88 Å². The molecule has 0 unspecified atom stereocenters. The summed E-state index contributed by atoms with van der Waals surface area (Å²) in [5.74, 6) is -0.971. The molecule has 14 heteroatoms. The third-order valence-electron chi connectivity index (χ3n) is 6.23. The van der Waals surface area contributed by atoms with Gasteiger partial charge in [0.1, 0.15) is 22.6 Å². The summed E-state index contributed by atoms with van der Waals surface area (Å²) >= 11 is 0. The fourth-order valence-corrected chi connectivity index (χ4v) is 4.25. The molecule has 0 spiro atoms. The van der Waals surface area contributed by atoms with Crippen molar-refractivity contribution in [3.8, 4) is 23.0 Å². The summed E-state index contributed by atoms with van der Waals surface area (Å²) < 4.78 is 16.7. The number of fused-ring (bicyclic) bond motifs is 1. The molecule has 2 amide bonds. The van der Waals surface area contributed by atoms with Gasteiger partial charge in [-0.3, -0.25) is 5.10 Å². The van der Waals surface area contributed by atoms with Crippen LogP contribution in [0.1, 0.15) is 51.9 Å². The molecule has 2 aromatic carbocycles. The number of carboxylic acids is 1. The van der Waals surface area contributed by atoms with E-state index in [4.69, 9.17) is 14.2 Å². The minimum atomic E-state index is -1.23. The number of aromatic carboxylic acids is 1. The molecule has 0 atom stereocenters. The van der Waals surface area contributed by atoms with Crippen molar-refractivity contribution in [3.63, 3.8) is 0 Å². The Bertz CT molecular complexity index is 1920. The van der Waals surface area contributed by atoms with Gasteiger partial charge in [-0.25, -0.2) is 24.4 Å². The number of anilines is 3. The molecular weight excluding hydrogens is 606 g/mol. The van der Waals surface area contributed by atoms with E-state index in [1.165, 1.54) is 6.20 Å². The third kappa shape index (κ3) is 7.97. The van der Waals surface area contributed by atoms with E-state index in [2.05, 4.69) is 30.5 Å². The lowest BCUT2D eigenvalue weighted by atomic mass is 10.1. The molecule has 0 aliphatic heterocycles. The highest BCUT2D eigenvalue weighted by Gasteiger charge is 2.33. The minimum absolute atomic E-state index is 0.00616. The predicted molar refractivity (Wildman–Crippen MR) is 173 cm³/mol. The first-order valence-electron chi connectivity index (χ1n) is 14.5. The van der Waals surface area contributed by atoms with E-state index in [0.717, 1.165) is 16.6 Å². The van der Waals surface area contributed by atoms with Crippen LogP contribution in [0.25, 0.3) is 22.0 Å². The second-order valence-corrected chi connectivity index (χ2v) is 12.3. The highest BCUT2D eigenvalue weighted by Crippen LogP contribution is 2.30. The average Bonchev–Trinajstić information content (AvgIpc) is 3.38. The highest BCUT2D eigenvalue weighted by molar-refractivity contribution is 6.09. The van der Waals surface area contributed by atoms with Gasteiger partial charge in [-0.2, -0.15) is 9.88 Å². The van der Waals surface area contributed by atoms with E-state index in [1.807, 2.05) is 24.3 Å². The normalized spacial score (nSPS) is 11.5. The van der Waals surface area contributed by atoms with Crippen molar-refractivity contribution in [1.82, 2.24) is 25.1 Å². The summed E-state index contributed by atoms with van der Waals surface area (Å²) in [6.45, 7) is 10.1. The minimum Gasteiger partial charge on any atom is -0.477 e. The number of ether oxygens (including phenoxy) is 3. The number of amides is 2. The summed E-state index contributed by atoms with van der Waals surface area (Å²) in [4.78, 5) is 51.4. The molecule has 47 heavy (non-hydrogen) atoms. The second-order valence-electron chi connectivity index (χ2n) is 12.3. The van der Waals surface area contributed by atoms with Crippen LogP contribution in [0.3, 0.4) is 0 Å². The van der Waals surface area contributed by atoms with Crippen LogP contribution in [0.5, 0.6) is 11.9 Å². The van der Waals surface area contributed by atoms with Crippen molar-refractivity contribution in [2.24, 2.45) is 0 Å².